The van der Waals surface area contributed by atoms with E-state index in [2.05, 4.69) is 10.3 Å². The highest BCUT2D eigenvalue weighted by atomic mass is 79.9. The maximum absolute atomic E-state index is 10.8. The van der Waals surface area contributed by atoms with E-state index in [9.17, 15) is 10.1 Å². The van der Waals surface area contributed by atoms with Crippen molar-refractivity contribution in [1.29, 1.82) is 0 Å². The average Bonchev–Trinajstić information content (AvgIpc) is 2.97. The molecule has 0 spiro atoms. The molecule has 0 fully saturated rings. The van der Waals surface area contributed by atoms with Gasteiger partial charge in [0.2, 0.25) is 0 Å². The van der Waals surface area contributed by atoms with E-state index >= 15 is 0 Å². The van der Waals surface area contributed by atoms with Crippen molar-refractivity contribution in [3.63, 3.8) is 0 Å². The summed E-state index contributed by atoms with van der Waals surface area (Å²) < 4.78 is 0. The van der Waals surface area contributed by atoms with E-state index in [0.29, 0.717) is 0 Å². The highest BCUT2D eigenvalue weighted by Gasteiger charge is 2.10. The number of aromatic nitrogens is 1. The molecular weight excluding hydrogens is 366 g/mol. The molecule has 3 aromatic rings. The summed E-state index contributed by atoms with van der Waals surface area (Å²) in [5, 5.41) is 16.6. The van der Waals surface area contributed by atoms with Crippen LogP contribution in [-0.4, -0.2) is 9.91 Å². The molecule has 0 bridgehead atoms. The fourth-order valence-electron chi connectivity index (χ4n) is 1.89. The number of benzene rings is 2. The number of para-hydroxylation sites is 1. The maximum Gasteiger partial charge on any atom is 0.270 e. The molecule has 3 rings (SSSR count). The summed E-state index contributed by atoms with van der Waals surface area (Å²) in [7, 11) is 0. The number of nitrogens with one attached hydrogen (secondary N) is 1. The van der Waals surface area contributed by atoms with Gasteiger partial charge in [0, 0.05) is 28.8 Å². The number of thiazole rings is 1. The van der Waals surface area contributed by atoms with Crippen molar-refractivity contribution in [3.8, 4) is 11.3 Å². The lowest BCUT2D eigenvalue weighted by Crippen LogP contribution is -1.90. The van der Waals surface area contributed by atoms with Crippen LogP contribution in [0.15, 0.2) is 60.0 Å². The van der Waals surface area contributed by atoms with Crippen molar-refractivity contribution in [1.82, 2.24) is 4.98 Å². The van der Waals surface area contributed by atoms with E-state index in [4.69, 9.17) is 0 Å². The first kappa shape index (κ1) is 16.1. The Labute approximate surface area is 141 Å². The Morgan fingerprint density at radius 2 is 1.86 bits per heavy atom. The van der Waals surface area contributed by atoms with Crippen LogP contribution in [0, 0.1) is 10.1 Å². The lowest BCUT2D eigenvalue weighted by atomic mass is 10.1. The quantitative estimate of drug-likeness (QED) is 0.510. The van der Waals surface area contributed by atoms with E-state index in [1.54, 1.807) is 6.07 Å². The van der Waals surface area contributed by atoms with Gasteiger partial charge in [-0.2, -0.15) is 0 Å². The second-order valence-electron chi connectivity index (χ2n) is 4.34. The van der Waals surface area contributed by atoms with E-state index in [-0.39, 0.29) is 22.7 Å². The molecule has 1 aromatic heterocycles. The summed E-state index contributed by atoms with van der Waals surface area (Å²) in [5.74, 6) is 0. The lowest BCUT2D eigenvalue weighted by Gasteiger charge is -2.01. The number of nitro benzene ring substituents is 1. The molecule has 0 aliphatic carbocycles. The zero-order valence-corrected chi connectivity index (χ0v) is 13.8. The van der Waals surface area contributed by atoms with E-state index < -0.39 is 4.92 Å². The summed E-state index contributed by atoms with van der Waals surface area (Å²) in [4.78, 5) is 14.9. The molecule has 0 saturated carbocycles. The molecule has 0 unspecified atom stereocenters. The van der Waals surface area contributed by atoms with Gasteiger partial charge in [-0.05, 0) is 12.1 Å². The van der Waals surface area contributed by atoms with Gasteiger partial charge in [0.25, 0.3) is 5.69 Å². The van der Waals surface area contributed by atoms with Crippen molar-refractivity contribution in [3.05, 3.63) is 70.1 Å². The molecule has 112 valence electrons. The zero-order valence-electron chi connectivity index (χ0n) is 11.3. The molecule has 1 N–H and O–H groups in total. The largest absolute Gasteiger partial charge is 0.332 e. The Morgan fingerprint density at radius 1 is 1.09 bits per heavy atom. The number of nitro groups is 1. The molecule has 0 amide bonds. The smallest absolute Gasteiger partial charge is 0.270 e. The van der Waals surface area contributed by atoms with Crippen molar-refractivity contribution in [2.24, 2.45) is 0 Å². The molecule has 1 heterocycles. The standard InChI is InChI=1S/C15H11N3O2S.BrH/c19-18(20)13-8-4-5-11(9-13)14-10-21-15(17-14)16-12-6-2-1-3-7-12;/h1-10H,(H,16,17);1H. The van der Waals surface area contributed by atoms with E-state index in [1.807, 2.05) is 41.8 Å². The van der Waals surface area contributed by atoms with Crippen molar-refractivity contribution >= 4 is 44.8 Å². The number of hydrogen-bond donors (Lipinski definition) is 1. The van der Waals surface area contributed by atoms with Crippen LogP contribution in [0.25, 0.3) is 11.3 Å². The third-order valence-electron chi connectivity index (χ3n) is 2.88. The SMILES string of the molecule is Br.O=[N+]([O-])c1cccc(-c2csc(Nc3ccccc3)n2)c1. The molecule has 0 atom stereocenters. The van der Waals surface area contributed by atoms with Gasteiger partial charge in [-0.3, -0.25) is 10.1 Å². The summed E-state index contributed by atoms with van der Waals surface area (Å²) in [6.07, 6.45) is 0. The van der Waals surface area contributed by atoms with Gasteiger partial charge in [-0.15, -0.1) is 28.3 Å². The Bertz CT molecular complexity index is 777. The summed E-state index contributed by atoms with van der Waals surface area (Å²) >= 11 is 1.46. The van der Waals surface area contributed by atoms with Gasteiger partial charge in [0.1, 0.15) is 0 Å². The van der Waals surface area contributed by atoms with Gasteiger partial charge in [0.15, 0.2) is 5.13 Å². The molecule has 5 nitrogen and oxygen atoms in total. The molecule has 0 radical (unpaired) electrons. The van der Waals surface area contributed by atoms with Gasteiger partial charge in [0.05, 0.1) is 10.6 Å². The number of nitrogens with zero attached hydrogens (tertiary/aromatic N) is 2. The number of hydrogen-bond acceptors (Lipinski definition) is 5. The Kier molecular flexibility index (Phi) is 5.24. The van der Waals surface area contributed by atoms with Crippen LogP contribution in [-0.2, 0) is 0 Å². The number of halogens is 1. The molecule has 0 aliphatic rings. The first-order valence-electron chi connectivity index (χ1n) is 6.25. The minimum Gasteiger partial charge on any atom is -0.332 e. The summed E-state index contributed by atoms with van der Waals surface area (Å²) in [6, 6.07) is 16.2. The van der Waals surface area contributed by atoms with Crippen molar-refractivity contribution < 1.29 is 4.92 Å². The second kappa shape index (κ2) is 7.15. The lowest BCUT2D eigenvalue weighted by molar-refractivity contribution is -0.384. The Balaban J connectivity index is 0.00000176. The first-order chi connectivity index (χ1) is 10.2. The van der Waals surface area contributed by atoms with Crippen LogP contribution in [0.2, 0.25) is 0 Å². The third kappa shape index (κ3) is 3.69. The van der Waals surface area contributed by atoms with E-state index in [0.717, 1.165) is 22.1 Å². The van der Waals surface area contributed by atoms with Crippen LogP contribution in [0.1, 0.15) is 0 Å². The predicted octanol–water partition coefficient (Wildman–Crippen LogP) is 5.04. The monoisotopic (exact) mass is 377 g/mol. The van der Waals surface area contributed by atoms with Crippen LogP contribution in [0.5, 0.6) is 0 Å². The number of non-ortho nitro benzene ring substituents is 1. The first-order valence-corrected chi connectivity index (χ1v) is 7.13. The average molecular weight is 378 g/mol. The van der Waals surface area contributed by atoms with Gasteiger partial charge < -0.3 is 5.32 Å². The fraction of sp³-hybridized carbons (Fsp3) is 0. The summed E-state index contributed by atoms with van der Waals surface area (Å²) in [5.41, 5.74) is 2.49. The normalized spacial score (nSPS) is 9.82. The van der Waals surface area contributed by atoms with Gasteiger partial charge in [-0.25, -0.2) is 4.98 Å². The maximum atomic E-state index is 10.8. The number of rotatable bonds is 4. The van der Waals surface area contributed by atoms with Crippen LogP contribution < -0.4 is 5.32 Å². The molecule has 0 aliphatic heterocycles. The van der Waals surface area contributed by atoms with Gasteiger partial charge in [-0.1, -0.05) is 30.3 Å². The summed E-state index contributed by atoms with van der Waals surface area (Å²) in [6.45, 7) is 0. The molecular formula is C15H12BrN3O2S. The van der Waals surface area contributed by atoms with Crippen molar-refractivity contribution in [2.75, 3.05) is 5.32 Å². The third-order valence-corrected chi connectivity index (χ3v) is 3.64. The Hall–Kier alpha value is -2.25. The molecule has 22 heavy (non-hydrogen) atoms. The van der Waals surface area contributed by atoms with Crippen LogP contribution in [0.4, 0.5) is 16.5 Å². The van der Waals surface area contributed by atoms with Crippen molar-refractivity contribution in [2.45, 2.75) is 0 Å². The van der Waals surface area contributed by atoms with Gasteiger partial charge >= 0.3 is 0 Å². The van der Waals surface area contributed by atoms with Crippen LogP contribution in [0.3, 0.4) is 0 Å². The Morgan fingerprint density at radius 3 is 2.59 bits per heavy atom. The molecule has 7 heteroatoms. The zero-order chi connectivity index (χ0) is 14.7. The second-order valence-corrected chi connectivity index (χ2v) is 5.19. The highest BCUT2D eigenvalue weighted by Crippen LogP contribution is 2.28. The minimum atomic E-state index is -0.404. The van der Waals surface area contributed by atoms with Crippen LogP contribution >= 0.6 is 28.3 Å². The minimum absolute atomic E-state index is 0. The predicted molar refractivity (Wildman–Crippen MR) is 94.3 cm³/mol. The fourth-order valence-corrected chi connectivity index (χ4v) is 2.63. The molecule has 0 saturated heterocycles. The topological polar surface area (TPSA) is 68.1 Å². The number of anilines is 2. The highest BCUT2D eigenvalue weighted by molar-refractivity contribution is 8.93. The van der Waals surface area contributed by atoms with E-state index in [1.165, 1.54) is 23.5 Å². The molecule has 2 aromatic carbocycles.